The fourth-order valence-corrected chi connectivity index (χ4v) is 2.20. The largest absolute Gasteiger partial charge is 0.380 e. The average Bonchev–Trinajstić information content (AvgIpc) is 2.68. The number of anilines is 1. The number of hydrogen-bond acceptors (Lipinski definition) is 4. The van der Waals surface area contributed by atoms with Crippen molar-refractivity contribution in [3.05, 3.63) is 12.3 Å². The number of nitrogens with two attached hydrogens (primary N) is 1. The Kier molecular flexibility index (Phi) is 2.17. The first kappa shape index (κ1) is 10.3. The highest BCUT2D eigenvalue weighted by atomic mass is 15.5. The van der Waals surface area contributed by atoms with Crippen LogP contribution in [-0.4, -0.2) is 24.8 Å². The lowest BCUT2D eigenvalue weighted by Gasteiger charge is -2.06. The van der Waals surface area contributed by atoms with Crippen LogP contribution in [0.2, 0.25) is 0 Å². The number of rotatable bonds is 3. The van der Waals surface area contributed by atoms with Gasteiger partial charge in [-0.3, -0.25) is 4.68 Å². The Hall–Kier alpha value is -1.85. The second kappa shape index (κ2) is 3.58. The maximum Gasteiger partial charge on any atom is 0.175 e. The average molecular weight is 232 g/mol. The summed E-state index contributed by atoms with van der Waals surface area (Å²) >= 11 is 0. The zero-order chi connectivity index (χ0) is 12.0. The van der Waals surface area contributed by atoms with E-state index in [0.717, 1.165) is 23.9 Å². The molecule has 0 saturated heterocycles. The zero-order valence-electron chi connectivity index (χ0n) is 10.0. The van der Waals surface area contributed by atoms with E-state index in [2.05, 4.69) is 22.3 Å². The van der Waals surface area contributed by atoms with Crippen molar-refractivity contribution in [2.24, 2.45) is 18.9 Å². The van der Waals surface area contributed by atoms with Gasteiger partial charge >= 0.3 is 0 Å². The Morgan fingerprint density at radius 2 is 2.29 bits per heavy atom. The van der Waals surface area contributed by atoms with Gasteiger partial charge < -0.3 is 5.73 Å². The van der Waals surface area contributed by atoms with Gasteiger partial charge in [-0.25, -0.2) is 4.68 Å². The van der Waals surface area contributed by atoms with E-state index in [1.807, 2.05) is 17.8 Å². The second-order valence-electron chi connectivity index (χ2n) is 4.82. The van der Waals surface area contributed by atoms with Crippen LogP contribution in [-0.2, 0) is 13.6 Å². The van der Waals surface area contributed by atoms with Crippen LogP contribution in [0.25, 0.3) is 11.4 Å². The lowest BCUT2D eigenvalue weighted by atomic mass is 10.3. The molecule has 2 aromatic heterocycles. The van der Waals surface area contributed by atoms with E-state index in [-0.39, 0.29) is 0 Å². The second-order valence-corrected chi connectivity index (χ2v) is 4.82. The van der Waals surface area contributed by atoms with Crippen LogP contribution in [0.1, 0.15) is 13.3 Å². The van der Waals surface area contributed by atoms with Crippen molar-refractivity contribution in [2.75, 3.05) is 5.73 Å². The molecule has 1 saturated carbocycles. The van der Waals surface area contributed by atoms with Crippen LogP contribution < -0.4 is 5.73 Å². The fraction of sp³-hybridized carbons (Fsp3) is 0.545. The first-order valence-electron chi connectivity index (χ1n) is 5.84. The summed E-state index contributed by atoms with van der Waals surface area (Å²) in [5.74, 6) is 1.98. The monoisotopic (exact) mass is 232 g/mol. The summed E-state index contributed by atoms with van der Waals surface area (Å²) in [5, 5.41) is 12.3. The van der Waals surface area contributed by atoms with Gasteiger partial charge in [0.1, 0.15) is 5.69 Å². The van der Waals surface area contributed by atoms with Crippen LogP contribution in [0, 0.1) is 11.8 Å². The summed E-state index contributed by atoms with van der Waals surface area (Å²) in [6.07, 6.45) is 3.02. The van der Waals surface area contributed by atoms with Crippen molar-refractivity contribution in [1.29, 1.82) is 0 Å². The third kappa shape index (κ3) is 1.69. The molecule has 1 aliphatic carbocycles. The van der Waals surface area contributed by atoms with Crippen LogP contribution in [0.4, 0.5) is 5.82 Å². The highest BCUT2D eigenvalue weighted by Crippen LogP contribution is 2.39. The quantitative estimate of drug-likeness (QED) is 0.853. The lowest BCUT2D eigenvalue weighted by molar-refractivity contribution is 0.526. The van der Waals surface area contributed by atoms with Crippen molar-refractivity contribution >= 4 is 5.82 Å². The summed E-state index contributed by atoms with van der Waals surface area (Å²) in [7, 11) is 1.89. The maximum atomic E-state index is 5.90. The molecular formula is C11H16N6. The minimum atomic E-state index is 0.474. The van der Waals surface area contributed by atoms with Crippen LogP contribution in [0.15, 0.2) is 12.3 Å². The molecule has 0 aliphatic heterocycles. The van der Waals surface area contributed by atoms with E-state index in [1.165, 1.54) is 6.42 Å². The normalized spacial score (nSPS) is 22.9. The summed E-state index contributed by atoms with van der Waals surface area (Å²) < 4.78 is 3.70. The van der Waals surface area contributed by atoms with Gasteiger partial charge in [0.15, 0.2) is 5.82 Å². The maximum absolute atomic E-state index is 5.90. The molecule has 2 N–H and O–H groups in total. The molecule has 0 aromatic carbocycles. The standard InChI is InChI=1S/C11H16N6/c1-7-5-8(7)6-17-10(11(12)14-15-17)9-3-4-13-16(9)2/h3-4,7-8H,5-6,12H2,1-2H3. The van der Waals surface area contributed by atoms with Gasteiger partial charge in [-0.2, -0.15) is 5.10 Å². The zero-order valence-corrected chi connectivity index (χ0v) is 10.0. The van der Waals surface area contributed by atoms with Crippen LogP contribution >= 0.6 is 0 Å². The SMILES string of the molecule is CC1CC1Cn1nnc(N)c1-c1ccnn1C. The van der Waals surface area contributed by atoms with Crippen molar-refractivity contribution in [1.82, 2.24) is 24.8 Å². The predicted octanol–water partition coefficient (Wildman–Crippen LogP) is 0.917. The molecule has 0 bridgehead atoms. The number of nitrogens with zero attached hydrogens (tertiary/aromatic N) is 5. The van der Waals surface area contributed by atoms with E-state index >= 15 is 0 Å². The topological polar surface area (TPSA) is 74.6 Å². The third-order valence-corrected chi connectivity index (χ3v) is 3.51. The highest BCUT2D eigenvalue weighted by Gasteiger charge is 2.34. The molecule has 6 heteroatoms. The van der Waals surface area contributed by atoms with E-state index in [1.54, 1.807) is 10.9 Å². The van der Waals surface area contributed by atoms with Crippen LogP contribution in [0.3, 0.4) is 0 Å². The van der Waals surface area contributed by atoms with Gasteiger partial charge in [0.25, 0.3) is 0 Å². The molecule has 2 unspecified atom stereocenters. The van der Waals surface area contributed by atoms with Gasteiger partial charge in [-0.15, -0.1) is 5.10 Å². The van der Waals surface area contributed by atoms with Gasteiger partial charge in [-0.1, -0.05) is 12.1 Å². The van der Waals surface area contributed by atoms with Crippen LogP contribution in [0.5, 0.6) is 0 Å². The molecule has 3 rings (SSSR count). The Balaban J connectivity index is 1.98. The first-order valence-corrected chi connectivity index (χ1v) is 5.84. The van der Waals surface area contributed by atoms with Gasteiger partial charge in [0, 0.05) is 19.8 Å². The van der Waals surface area contributed by atoms with E-state index in [4.69, 9.17) is 5.73 Å². The predicted molar refractivity (Wildman–Crippen MR) is 63.9 cm³/mol. The molecular weight excluding hydrogens is 216 g/mol. The number of nitrogen functional groups attached to an aromatic ring is 1. The molecule has 90 valence electrons. The minimum Gasteiger partial charge on any atom is -0.380 e. The Bertz CT molecular complexity index is 540. The molecule has 0 amide bonds. The van der Waals surface area contributed by atoms with Gasteiger partial charge in [-0.05, 0) is 24.3 Å². The third-order valence-electron chi connectivity index (χ3n) is 3.51. The number of hydrogen-bond donors (Lipinski definition) is 1. The van der Waals surface area contributed by atoms with E-state index in [9.17, 15) is 0 Å². The molecule has 0 spiro atoms. The Morgan fingerprint density at radius 3 is 2.88 bits per heavy atom. The smallest absolute Gasteiger partial charge is 0.175 e. The molecule has 2 atom stereocenters. The Morgan fingerprint density at radius 1 is 1.53 bits per heavy atom. The van der Waals surface area contributed by atoms with Gasteiger partial charge in [0.05, 0.1) is 5.69 Å². The van der Waals surface area contributed by atoms with E-state index in [0.29, 0.717) is 11.7 Å². The summed E-state index contributed by atoms with van der Waals surface area (Å²) in [6.45, 7) is 3.15. The van der Waals surface area contributed by atoms with Crippen molar-refractivity contribution < 1.29 is 0 Å². The number of aryl methyl sites for hydroxylation is 1. The number of aromatic nitrogens is 5. The van der Waals surface area contributed by atoms with Crippen molar-refractivity contribution in [2.45, 2.75) is 19.9 Å². The molecule has 1 fully saturated rings. The molecule has 6 nitrogen and oxygen atoms in total. The fourth-order valence-electron chi connectivity index (χ4n) is 2.20. The van der Waals surface area contributed by atoms with Gasteiger partial charge in [0.2, 0.25) is 0 Å². The summed E-state index contributed by atoms with van der Waals surface area (Å²) in [6, 6.07) is 1.93. The molecule has 2 aromatic rings. The first-order chi connectivity index (χ1) is 8.16. The molecule has 2 heterocycles. The summed E-state index contributed by atoms with van der Waals surface area (Å²) in [5.41, 5.74) is 7.73. The minimum absolute atomic E-state index is 0.474. The molecule has 0 radical (unpaired) electrons. The van der Waals surface area contributed by atoms with Crippen molar-refractivity contribution in [3.63, 3.8) is 0 Å². The lowest BCUT2D eigenvalue weighted by Crippen LogP contribution is -2.07. The van der Waals surface area contributed by atoms with E-state index < -0.39 is 0 Å². The molecule has 17 heavy (non-hydrogen) atoms. The summed E-state index contributed by atoms with van der Waals surface area (Å²) in [4.78, 5) is 0. The molecule has 1 aliphatic rings. The Labute approximate surface area is 99.4 Å². The highest BCUT2D eigenvalue weighted by molar-refractivity contribution is 5.66. The van der Waals surface area contributed by atoms with Crippen molar-refractivity contribution in [3.8, 4) is 11.4 Å².